The van der Waals surface area contributed by atoms with E-state index in [1.54, 1.807) is 11.3 Å². The number of benzene rings is 1. The van der Waals surface area contributed by atoms with Crippen LogP contribution in [0.4, 0.5) is 0 Å². The first kappa shape index (κ1) is 12.7. The van der Waals surface area contributed by atoms with Crippen LogP contribution in [0.1, 0.15) is 16.3 Å². The number of thiazole rings is 1. The molecule has 0 N–H and O–H groups in total. The molecule has 0 spiro atoms. The molecule has 0 unspecified atom stereocenters. The number of nitrogens with zero attached hydrogens (tertiary/aromatic N) is 2. The van der Waals surface area contributed by atoms with Crippen molar-refractivity contribution in [3.8, 4) is 11.8 Å². The Hall–Kier alpha value is -2.32. The Labute approximate surface area is 120 Å². The van der Waals surface area contributed by atoms with Gasteiger partial charge in [-0.2, -0.15) is 5.26 Å². The van der Waals surface area contributed by atoms with Gasteiger partial charge in [0.2, 0.25) is 5.76 Å². The maximum atomic E-state index is 9.12. The van der Waals surface area contributed by atoms with Gasteiger partial charge in [-0.25, -0.2) is 4.98 Å². The van der Waals surface area contributed by atoms with Crippen LogP contribution in [-0.2, 0) is 6.42 Å². The van der Waals surface area contributed by atoms with Crippen molar-refractivity contribution in [3.05, 3.63) is 46.1 Å². The van der Waals surface area contributed by atoms with Crippen LogP contribution in [0, 0.1) is 18.3 Å². The second-order valence-corrected chi connectivity index (χ2v) is 5.27. The van der Waals surface area contributed by atoms with E-state index in [4.69, 9.17) is 14.4 Å². The second-order valence-electron chi connectivity index (χ2n) is 4.33. The molecule has 0 aliphatic heterocycles. The molecule has 3 rings (SSSR count). The standard InChI is InChI=1S/C15H12N2O2S/c1-10-14(20-9-17-10)6-7-18-15-11-4-2-3-5-12(11)19-13(15)8-16/h2-5,9H,6-7H2,1H3. The molecule has 0 saturated heterocycles. The van der Waals surface area contributed by atoms with E-state index >= 15 is 0 Å². The quantitative estimate of drug-likeness (QED) is 0.733. The van der Waals surface area contributed by atoms with E-state index in [1.807, 2.05) is 42.8 Å². The van der Waals surface area contributed by atoms with Gasteiger partial charge in [0.1, 0.15) is 11.7 Å². The molecule has 0 radical (unpaired) electrons. The highest BCUT2D eigenvalue weighted by atomic mass is 32.1. The lowest BCUT2D eigenvalue weighted by molar-refractivity contribution is 0.319. The maximum absolute atomic E-state index is 9.12. The van der Waals surface area contributed by atoms with Crippen molar-refractivity contribution in [2.24, 2.45) is 0 Å². The first-order valence-electron chi connectivity index (χ1n) is 6.23. The number of hydrogen-bond donors (Lipinski definition) is 0. The average Bonchev–Trinajstić information content (AvgIpc) is 3.03. The summed E-state index contributed by atoms with van der Waals surface area (Å²) in [5, 5.41) is 9.95. The van der Waals surface area contributed by atoms with Gasteiger partial charge in [-0.05, 0) is 19.1 Å². The molecule has 2 heterocycles. The third-order valence-electron chi connectivity index (χ3n) is 3.07. The molecule has 0 bridgehead atoms. The average molecular weight is 284 g/mol. The molecular weight excluding hydrogens is 272 g/mol. The van der Waals surface area contributed by atoms with Crippen molar-refractivity contribution in [3.63, 3.8) is 0 Å². The van der Waals surface area contributed by atoms with Gasteiger partial charge in [0.15, 0.2) is 5.75 Å². The van der Waals surface area contributed by atoms with Crippen LogP contribution in [0.25, 0.3) is 11.0 Å². The van der Waals surface area contributed by atoms with Gasteiger partial charge in [0.05, 0.1) is 23.2 Å². The molecule has 0 fully saturated rings. The fourth-order valence-electron chi connectivity index (χ4n) is 2.05. The Morgan fingerprint density at radius 2 is 2.25 bits per heavy atom. The molecule has 100 valence electrons. The van der Waals surface area contributed by atoms with E-state index in [0.29, 0.717) is 17.9 Å². The van der Waals surface area contributed by atoms with Crippen LogP contribution in [0.5, 0.6) is 5.75 Å². The molecule has 20 heavy (non-hydrogen) atoms. The van der Waals surface area contributed by atoms with E-state index in [-0.39, 0.29) is 5.76 Å². The molecule has 0 aliphatic carbocycles. The lowest BCUT2D eigenvalue weighted by Crippen LogP contribution is -2.01. The SMILES string of the molecule is Cc1ncsc1CCOc1c(C#N)oc2ccccc12. The summed E-state index contributed by atoms with van der Waals surface area (Å²) in [7, 11) is 0. The molecule has 2 aromatic heterocycles. The minimum Gasteiger partial charge on any atom is -0.488 e. The highest BCUT2D eigenvalue weighted by Crippen LogP contribution is 2.32. The van der Waals surface area contributed by atoms with Crippen LogP contribution in [0.15, 0.2) is 34.2 Å². The van der Waals surface area contributed by atoms with Gasteiger partial charge in [-0.15, -0.1) is 11.3 Å². The highest BCUT2D eigenvalue weighted by molar-refractivity contribution is 7.09. The number of fused-ring (bicyclic) bond motifs is 1. The number of hydrogen-bond acceptors (Lipinski definition) is 5. The number of furan rings is 1. The Morgan fingerprint density at radius 1 is 1.40 bits per heavy atom. The minimum atomic E-state index is 0.229. The molecule has 5 heteroatoms. The van der Waals surface area contributed by atoms with Crippen molar-refractivity contribution < 1.29 is 9.15 Å². The second kappa shape index (κ2) is 5.35. The summed E-state index contributed by atoms with van der Waals surface area (Å²) in [6, 6.07) is 9.54. The van der Waals surface area contributed by atoms with Gasteiger partial charge < -0.3 is 9.15 Å². The zero-order valence-electron chi connectivity index (χ0n) is 10.9. The summed E-state index contributed by atoms with van der Waals surface area (Å²) in [6.45, 7) is 2.49. The van der Waals surface area contributed by atoms with Crippen LogP contribution in [-0.4, -0.2) is 11.6 Å². The maximum Gasteiger partial charge on any atom is 0.246 e. The first-order chi connectivity index (χ1) is 9.79. The predicted octanol–water partition coefficient (Wildman–Crippen LogP) is 3.69. The van der Waals surface area contributed by atoms with Gasteiger partial charge in [-0.1, -0.05) is 12.1 Å². The molecule has 0 saturated carbocycles. The predicted molar refractivity (Wildman–Crippen MR) is 77.0 cm³/mol. The third-order valence-corrected chi connectivity index (χ3v) is 4.07. The summed E-state index contributed by atoms with van der Waals surface area (Å²) >= 11 is 1.62. The fraction of sp³-hybridized carbons (Fsp3) is 0.200. The topological polar surface area (TPSA) is 59.0 Å². The first-order valence-corrected chi connectivity index (χ1v) is 7.11. The van der Waals surface area contributed by atoms with Crippen molar-refractivity contribution in [1.82, 2.24) is 4.98 Å². The molecule has 0 atom stereocenters. The number of para-hydroxylation sites is 1. The Morgan fingerprint density at radius 3 is 3.00 bits per heavy atom. The lowest BCUT2D eigenvalue weighted by atomic mass is 10.2. The largest absolute Gasteiger partial charge is 0.488 e. The number of ether oxygens (including phenoxy) is 1. The van der Waals surface area contributed by atoms with Crippen molar-refractivity contribution in [2.45, 2.75) is 13.3 Å². The van der Waals surface area contributed by atoms with Crippen molar-refractivity contribution in [1.29, 1.82) is 5.26 Å². The third kappa shape index (κ3) is 2.26. The van der Waals surface area contributed by atoms with E-state index in [0.717, 1.165) is 17.5 Å². The monoisotopic (exact) mass is 284 g/mol. The fourth-order valence-corrected chi connectivity index (χ4v) is 2.81. The summed E-state index contributed by atoms with van der Waals surface area (Å²) in [5.41, 5.74) is 3.54. The Kier molecular flexibility index (Phi) is 3.40. The Balaban J connectivity index is 1.80. The normalized spacial score (nSPS) is 10.6. The number of aryl methyl sites for hydroxylation is 1. The smallest absolute Gasteiger partial charge is 0.246 e. The summed E-state index contributed by atoms with van der Waals surface area (Å²) in [6.07, 6.45) is 0.779. The zero-order valence-corrected chi connectivity index (χ0v) is 11.7. The lowest BCUT2D eigenvalue weighted by Gasteiger charge is -2.03. The summed E-state index contributed by atoms with van der Waals surface area (Å²) in [5.74, 6) is 0.762. The Bertz CT molecular complexity index is 783. The van der Waals surface area contributed by atoms with E-state index < -0.39 is 0 Å². The molecule has 1 aromatic carbocycles. The number of nitriles is 1. The van der Waals surface area contributed by atoms with Gasteiger partial charge in [0, 0.05) is 11.3 Å². The molecule has 0 aliphatic rings. The van der Waals surface area contributed by atoms with Crippen molar-refractivity contribution >= 4 is 22.3 Å². The number of aromatic nitrogens is 1. The van der Waals surface area contributed by atoms with Crippen molar-refractivity contribution in [2.75, 3.05) is 6.61 Å². The summed E-state index contributed by atoms with van der Waals surface area (Å²) in [4.78, 5) is 5.41. The number of rotatable bonds is 4. The summed E-state index contributed by atoms with van der Waals surface area (Å²) < 4.78 is 11.2. The molecule has 4 nitrogen and oxygen atoms in total. The van der Waals surface area contributed by atoms with Crippen LogP contribution in [0.3, 0.4) is 0 Å². The van der Waals surface area contributed by atoms with E-state index in [9.17, 15) is 0 Å². The van der Waals surface area contributed by atoms with Gasteiger partial charge in [0.25, 0.3) is 0 Å². The highest BCUT2D eigenvalue weighted by Gasteiger charge is 2.15. The van der Waals surface area contributed by atoms with Gasteiger partial charge >= 0.3 is 0 Å². The molecule has 3 aromatic rings. The van der Waals surface area contributed by atoms with E-state index in [2.05, 4.69) is 4.98 Å². The van der Waals surface area contributed by atoms with E-state index in [1.165, 1.54) is 4.88 Å². The van der Waals surface area contributed by atoms with Crippen LogP contribution >= 0.6 is 11.3 Å². The van der Waals surface area contributed by atoms with Gasteiger partial charge in [-0.3, -0.25) is 0 Å². The zero-order chi connectivity index (χ0) is 13.9. The minimum absolute atomic E-state index is 0.229. The molecular formula is C15H12N2O2S. The van der Waals surface area contributed by atoms with Crippen LogP contribution < -0.4 is 4.74 Å². The molecule has 0 amide bonds. The van der Waals surface area contributed by atoms with Crippen LogP contribution in [0.2, 0.25) is 0 Å².